The molecule has 2 heterocycles. The summed E-state index contributed by atoms with van der Waals surface area (Å²) in [6, 6.07) is 3.74. The van der Waals surface area contributed by atoms with E-state index in [1.165, 1.54) is 21.9 Å². The summed E-state index contributed by atoms with van der Waals surface area (Å²) in [5.41, 5.74) is -0.558. The number of nitrogens with zero attached hydrogens (tertiary/aromatic N) is 3. The molecule has 0 aliphatic heterocycles. The van der Waals surface area contributed by atoms with Gasteiger partial charge in [0, 0.05) is 12.1 Å². The van der Waals surface area contributed by atoms with Gasteiger partial charge < -0.3 is 4.74 Å². The van der Waals surface area contributed by atoms with Crippen LogP contribution in [0.15, 0.2) is 29.1 Å². The van der Waals surface area contributed by atoms with Crippen LogP contribution in [0, 0.1) is 11.6 Å². The highest BCUT2D eigenvalue weighted by Gasteiger charge is 2.15. The molecule has 0 spiro atoms. The van der Waals surface area contributed by atoms with Crippen molar-refractivity contribution in [3.8, 4) is 0 Å². The van der Waals surface area contributed by atoms with E-state index in [2.05, 4.69) is 10.1 Å². The van der Waals surface area contributed by atoms with Gasteiger partial charge in [0.05, 0.1) is 11.3 Å². The smallest absolute Gasteiger partial charge is 0.341 e. The molecule has 0 N–H and O–H groups in total. The molecule has 0 aliphatic rings. The van der Waals surface area contributed by atoms with Crippen LogP contribution in [0.2, 0.25) is 0 Å². The Labute approximate surface area is 138 Å². The van der Waals surface area contributed by atoms with Crippen LogP contribution in [-0.4, -0.2) is 20.6 Å². The van der Waals surface area contributed by atoms with E-state index >= 15 is 0 Å². The molecule has 9 heteroatoms. The van der Waals surface area contributed by atoms with Crippen LogP contribution in [0.25, 0.3) is 4.96 Å². The minimum Gasteiger partial charge on any atom is -0.455 e. The molecule has 24 heavy (non-hydrogen) atoms. The molecule has 0 fully saturated rings. The summed E-state index contributed by atoms with van der Waals surface area (Å²) < 4.78 is 32.5. The zero-order valence-corrected chi connectivity index (χ0v) is 13.3. The van der Waals surface area contributed by atoms with Crippen molar-refractivity contribution in [1.29, 1.82) is 0 Å². The lowest BCUT2D eigenvalue weighted by Gasteiger charge is -2.05. The molecule has 124 valence electrons. The highest BCUT2D eigenvalue weighted by molar-refractivity contribution is 7.16. The first-order valence-electron chi connectivity index (χ1n) is 6.98. The summed E-state index contributed by atoms with van der Waals surface area (Å²) in [6.07, 6.45) is 0.668. The maximum atomic E-state index is 13.5. The van der Waals surface area contributed by atoms with Crippen molar-refractivity contribution in [3.63, 3.8) is 0 Å². The van der Waals surface area contributed by atoms with Gasteiger partial charge in [0.15, 0.2) is 0 Å². The number of ether oxygens (including phenoxy) is 1. The Morgan fingerprint density at radius 2 is 2.12 bits per heavy atom. The van der Waals surface area contributed by atoms with Crippen LogP contribution >= 0.6 is 11.3 Å². The SMILES string of the molecule is CCc1nn2c(=O)cc(COC(=O)c3ccc(F)cc3F)nc2s1. The fraction of sp³-hybridized carbons (Fsp3) is 0.200. The topological polar surface area (TPSA) is 73.6 Å². The Balaban J connectivity index is 1.80. The quantitative estimate of drug-likeness (QED) is 0.675. The number of hydrogen-bond donors (Lipinski definition) is 0. The lowest BCUT2D eigenvalue weighted by molar-refractivity contribution is 0.0462. The minimum absolute atomic E-state index is 0.224. The minimum atomic E-state index is -1.02. The largest absolute Gasteiger partial charge is 0.455 e. The molecule has 0 atom stereocenters. The van der Waals surface area contributed by atoms with Gasteiger partial charge in [-0.1, -0.05) is 18.3 Å². The predicted octanol–water partition coefficient (Wildman–Crippen LogP) is 2.35. The summed E-state index contributed by atoms with van der Waals surface area (Å²) in [7, 11) is 0. The van der Waals surface area contributed by atoms with Crippen molar-refractivity contribution in [2.75, 3.05) is 0 Å². The Morgan fingerprint density at radius 3 is 2.83 bits per heavy atom. The van der Waals surface area contributed by atoms with Gasteiger partial charge in [-0.2, -0.15) is 9.61 Å². The Hall–Kier alpha value is -2.68. The number of esters is 1. The normalized spacial score (nSPS) is 11.0. The number of halogens is 2. The Morgan fingerprint density at radius 1 is 1.33 bits per heavy atom. The molecule has 1 aromatic carbocycles. The van der Waals surface area contributed by atoms with Gasteiger partial charge in [-0.25, -0.2) is 18.6 Å². The fourth-order valence-corrected chi connectivity index (χ4v) is 2.84. The number of aromatic nitrogens is 3. The standard InChI is InChI=1S/C15H11F2N3O3S/c1-2-12-19-20-13(21)6-9(18-15(20)24-12)7-23-14(22)10-4-3-8(16)5-11(10)17/h3-6H,2,7H2,1H3. The second-order valence-corrected chi connectivity index (χ2v) is 5.87. The van der Waals surface area contributed by atoms with E-state index in [1.54, 1.807) is 0 Å². The predicted molar refractivity (Wildman–Crippen MR) is 82.0 cm³/mol. The van der Waals surface area contributed by atoms with Gasteiger partial charge in [0.25, 0.3) is 5.56 Å². The zero-order valence-electron chi connectivity index (χ0n) is 12.5. The van der Waals surface area contributed by atoms with E-state index < -0.39 is 23.2 Å². The number of carbonyl (C=O) groups excluding carboxylic acids is 1. The Kier molecular flexibility index (Phi) is 4.34. The van der Waals surface area contributed by atoms with Gasteiger partial charge in [-0.05, 0) is 18.6 Å². The lowest BCUT2D eigenvalue weighted by atomic mass is 10.2. The van der Waals surface area contributed by atoms with E-state index in [1.807, 2.05) is 6.92 Å². The maximum Gasteiger partial charge on any atom is 0.341 e. The van der Waals surface area contributed by atoms with Gasteiger partial charge in [0.2, 0.25) is 4.96 Å². The van der Waals surface area contributed by atoms with Crippen molar-refractivity contribution < 1.29 is 18.3 Å². The van der Waals surface area contributed by atoms with E-state index in [-0.39, 0.29) is 17.9 Å². The molecule has 0 bridgehead atoms. The van der Waals surface area contributed by atoms with E-state index in [0.29, 0.717) is 17.4 Å². The first-order valence-corrected chi connectivity index (χ1v) is 7.80. The van der Waals surface area contributed by atoms with Gasteiger partial charge >= 0.3 is 5.97 Å². The third-order valence-electron chi connectivity index (χ3n) is 3.14. The number of carbonyl (C=O) groups is 1. The second kappa shape index (κ2) is 6.44. The summed E-state index contributed by atoms with van der Waals surface area (Å²) >= 11 is 1.26. The summed E-state index contributed by atoms with van der Waals surface area (Å²) in [5.74, 6) is -2.77. The number of rotatable bonds is 4. The van der Waals surface area contributed by atoms with Crippen LogP contribution < -0.4 is 5.56 Å². The summed E-state index contributed by atoms with van der Waals surface area (Å²) in [5, 5.41) is 4.85. The molecule has 3 aromatic rings. The third-order valence-corrected chi connectivity index (χ3v) is 4.20. The molecular formula is C15H11F2N3O3S. The first kappa shape index (κ1) is 16.2. The molecule has 2 aromatic heterocycles. The average Bonchev–Trinajstić information content (AvgIpc) is 2.96. The number of benzene rings is 1. The van der Waals surface area contributed by atoms with Crippen molar-refractivity contribution in [2.45, 2.75) is 20.0 Å². The zero-order chi connectivity index (χ0) is 17.3. The molecule has 0 saturated carbocycles. The molecule has 0 unspecified atom stereocenters. The van der Waals surface area contributed by atoms with Crippen LogP contribution in [0.4, 0.5) is 8.78 Å². The van der Waals surface area contributed by atoms with Gasteiger partial charge in [-0.15, -0.1) is 0 Å². The molecular weight excluding hydrogens is 340 g/mol. The number of aryl methyl sites for hydroxylation is 1. The van der Waals surface area contributed by atoms with E-state index in [9.17, 15) is 18.4 Å². The van der Waals surface area contributed by atoms with Crippen LogP contribution in [0.3, 0.4) is 0 Å². The first-order chi connectivity index (χ1) is 11.5. The van der Waals surface area contributed by atoms with Crippen LogP contribution in [0.1, 0.15) is 28.0 Å². The summed E-state index contributed by atoms with van der Waals surface area (Å²) in [4.78, 5) is 28.4. The van der Waals surface area contributed by atoms with Crippen molar-refractivity contribution >= 4 is 22.3 Å². The highest BCUT2D eigenvalue weighted by Crippen LogP contribution is 2.14. The summed E-state index contributed by atoms with van der Waals surface area (Å²) in [6.45, 7) is 1.60. The third kappa shape index (κ3) is 3.16. The van der Waals surface area contributed by atoms with E-state index in [4.69, 9.17) is 4.74 Å². The molecule has 0 amide bonds. The van der Waals surface area contributed by atoms with Gasteiger partial charge in [0.1, 0.15) is 23.2 Å². The van der Waals surface area contributed by atoms with E-state index in [0.717, 1.165) is 17.1 Å². The monoisotopic (exact) mass is 351 g/mol. The molecule has 0 saturated heterocycles. The Bertz CT molecular complexity index is 984. The van der Waals surface area contributed by atoms with Crippen molar-refractivity contribution in [2.24, 2.45) is 0 Å². The second-order valence-electron chi connectivity index (χ2n) is 4.83. The number of hydrogen-bond acceptors (Lipinski definition) is 6. The lowest BCUT2D eigenvalue weighted by Crippen LogP contribution is -2.17. The molecule has 0 radical (unpaired) electrons. The van der Waals surface area contributed by atoms with Crippen molar-refractivity contribution in [1.82, 2.24) is 14.6 Å². The van der Waals surface area contributed by atoms with Crippen LogP contribution in [0.5, 0.6) is 0 Å². The van der Waals surface area contributed by atoms with Crippen molar-refractivity contribution in [3.05, 3.63) is 62.5 Å². The van der Waals surface area contributed by atoms with Gasteiger partial charge in [-0.3, -0.25) is 4.79 Å². The fourth-order valence-electron chi connectivity index (χ4n) is 1.98. The molecule has 3 rings (SSSR count). The molecule has 6 nitrogen and oxygen atoms in total. The number of fused-ring (bicyclic) bond motifs is 1. The highest BCUT2D eigenvalue weighted by atomic mass is 32.1. The molecule has 0 aliphatic carbocycles. The van der Waals surface area contributed by atoms with Crippen LogP contribution in [-0.2, 0) is 17.8 Å². The average molecular weight is 351 g/mol. The maximum absolute atomic E-state index is 13.5.